The van der Waals surface area contributed by atoms with E-state index in [4.69, 9.17) is 18.9 Å². The Labute approximate surface area is 239 Å². The van der Waals surface area contributed by atoms with Gasteiger partial charge < -0.3 is 29.0 Å². The number of carboxylic acid groups (broad SMARTS) is 1. The maximum Gasteiger partial charge on any atom is 0.306 e. The lowest BCUT2D eigenvalue weighted by atomic mass is 9.84. The van der Waals surface area contributed by atoms with E-state index in [2.05, 4.69) is 20.8 Å². The number of carbonyl (C=O) groups is 3. The first-order valence-corrected chi connectivity index (χ1v) is 14.2. The van der Waals surface area contributed by atoms with Crippen molar-refractivity contribution in [2.45, 2.75) is 65.2 Å². The lowest BCUT2D eigenvalue weighted by Gasteiger charge is -2.44. The van der Waals surface area contributed by atoms with Crippen LogP contribution in [0.4, 0.5) is 5.69 Å². The van der Waals surface area contributed by atoms with Gasteiger partial charge in [0.25, 0.3) is 5.91 Å². The minimum Gasteiger partial charge on any atom is -0.489 e. The Bertz CT molecular complexity index is 1390. The Kier molecular flexibility index (Phi) is 6.84. The Balaban J connectivity index is 1.43. The van der Waals surface area contributed by atoms with Gasteiger partial charge in [-0.2, -0.15) is 0 Å². The summed E-state index contributed by atoms with van der Waals surface area (Å²) in [5, 5.41) is 9.37. The molecule has 4 aliphatic rings. The van der Waals surface area contributed by atoms with Crippen LogP contribution in [0.25, 0.3) is 0 Å². The van der Waals surface area contributed by atoms with E-state index in [9.17, 15) is 19.5 Å². The molecule has 0 bridgehead atoms. The predicted molar refractivity (Wildman–Crippen MR) is 148 cm³/mol. The van der Waals surface area contributed by atoms with E-state index in [0.717, 1.165) is 11.1 Å². The summed E-state index contributed by atoms with van der Waals surface area (Å²) in [4.78, 5) is 42.9. The molecule has 0 unspecified atom stereocenters. The van der Waals surface area contributed by atoms with Crippen LogP contribution in [-0.4, -0.2) is 66.4 Å². The van der Waals surface area contributed by atoms with Gasteiger partial charge in [0.15, 0.2) is 11.5 Å². The van der Waals surface area contributed by atoms with E-state index in [1.165, 1.54) is 0 Å². The van der Waals surface area contributed by atoms with Crippen molar-refractivity contribution < 1.29 is 38.4 Å². The summed E-state index contributed by atoms with van der Waals surface area (Å²) in [5.41, 5.74) is 2.76. The van der Waals surface area contributed by atoms with Gasteiger partial charge in [0.05, 0.1) is 24.1 Å². The van der Waals surface area contributed by atoms with Crippen LogP contribution in [0.15, 0.2) is 30.3 Å². The third-order valence-electron chi connectivity index (χ3n) is 8.56. The number of rotatable bonds is 4. The molecule has 0 aliphatic carbocycles. The van der Waals surface area contributed by atoms with Crippen LogP contribution in [0, 0.1) is 18.3 Å². The standard InChI is InChI=1S/C31H36N2O8/c1-17-12-20-26-22(13-17)38-15-24(31(2,3)4)33(26)29(35)23(14-25(34)32-10-8-18(9-11-32)30(36)37)41-27(20)19-6-5-7-21-28(19)40-16-39-21/h5-7,12-13,18,23-24,27H,8-11,14-16H2,1-4H3,(H,36,37)/t23-,24+,27-/m1/s1. The van der Waals surface area contributed by atoms with Gasteiger partial charge in [-0.1, -0.05) is 39.0 Å². The van der Waals surface area contributed by atoms with Crippen LogP contribution < -0.4 is 19.1 Å². The maximum atomic E-state index is 14.5. The number of amides is 2. The number of benzene rings is 2. The van der Waals surface area contributed by atoms with Gasteiger partial charge in [-0.3, -0.25) is 19.3 Å². The van der Waals surface area contributed by atoms with E-state index in [1.807, 2.05) is 37.3 Å². The smallest absolute Gasteiger partial charge is 0.306 e. The number of likely N-dealkylation sites (tertiary alicyclic amines) is 1. The summed E-state index contributed by atoms with van der Waals surface area (Å²) in [5.74, 6) is -0.0644. The molecule has 2 aromatic rings. The normalized spacial score (nSPS) is 24.0. The molecule has 6 rings (SSSR count). The number of hydrogen-bond donors (Lipinski definition) is 1. The zero-order valence-corrected chi connectivity index (χ0v) is 23.8. The monoisotopic (exact) mass is 564 g/mol. The number of aryl methyl sites for hydroxylation is 1. The molecule has 1 fully saturated rings. The van der Waals surface area contributed by atoms with Crippen molar-refractivity contribution in [1.29, 1.82) is 0 Å². The van der Waals surface area contributed by atoms with Crippen molar-refractivity contribution >= 4 is 23.5 Å². The van der Waals surface area contributed by atoms with E-state index < -0.39 is 24.1 Å². The summed E-state index contributed by atoms with van der Waals surface area (Å²) >= 11 is 0. The fourth-order valence-corrected chi connectivity index (χ4v) is 6.29. The molecule has 0 saturated carbocycles. The first kappa shape index (κ1) is 27.4. The van der Waals surface area contributed by atoms with Crippen molar-refractivity contribution in [2.75, 3.05) is 31.4 Å². The van der Waals surface area contributed by atoms with E-state index in [0.29, 0.717) is 61.0 Å². The minimum absolute atomic E-state index is 0.0828. The first-order chi connectivity index (χ1) is 19.5. The fourth-order valence-electron chi connectivity index (χ4n) is 6.29. The molecule has 4 aliphatic heterocycles. The van der Waals surface area contributed by atoms with E-state index >= 15 is 0 Å². The topological polar surface area (TPSA) is 115 Å². The number of carbonyl (C=O) groups excluding carboxylic acids is 2. The molecule has 4 heterocycles. The van der Waals surface area contributed by atoms with Crippen LogP contribution in [0.5, 0.6) is 17.2 Å². The Hall–Kier alpha value is -3.79. The van der Waals surface area contributed by atoms with E-state index in [1.54, 1.807) is 9.80 Å². The second-order valence-electron chi connectivity index (χ2n) is 12.4. The number of carboxylic acids is 1. The fraction of sp³-hybridized carbons (Fsp3) is 0.516. The van der Waals surface area contributed by atoms with Gasteiger partial charge in [-0.15, -0.1) is 0 Å². The summed E-state index contributed by atoms with van der Waals surface area (Å²) in [6.07, 6.45) is -1.19. The minimum atomic E-state index is -1.08. The molecular formula is C31H36N2O8. The second-order valence-corrected chi connectivity index (χ2v) is 12.4. The quantitative estimate of drug-likeness (QED) is 0.591. The molecule has 10 heteroatoms. The zero-order valence-electron chi connectivity index (χ0n) is 23.8. The highest BCUT2D eigenvalue weighted by atomic mass is 16.7. The molecule has 0 aromatic heterocycles. The average molecular weight is 565 g/mol. The molecule has 3 atom stereocenters. The third kappa shape index (κ3) is 4.88. The molecule has 0 spiro atoms. The van der Waals surface area contributed by atoms with Gasteiger partial charge in [0.2, 0.25) is 12.7 Å². The number of anilines is 1. The van der Waals surface area contributed by atoms with Crippen molar-refractivity contribution in [3.05, 3.63) is 47.0 Å². The maximum absolute atomic E-state index is 14.5. The van der Waals surface area contributed by atoms with Crippen molar-refractivity contribution in [1.82, 2.24) is 4.90 Å². The lowest BCUT2D eigenvalue weighted by Crippen LogP contribution is -2.56. The highest BCUT2D eigenvalue weighted by Crippen LogP contribution is 2.51. The zero-order chi connectivity index (χ0) is 29.1. The highest BCUT2D eigenvalue weighted by molar-refractivity contribution is 6.02. The molecule has 1 N–H and O–H groups in total. The molecule has 41 heavy (non-hydrogen) atoms. The van der Waals surface area contributed by atoms with E-state index in [-0.39, 0.29) is 36.5 Å². The Morgan fingerprint density at radius 1 is 1.02 bits per heavy atom. The molecule has 2 amide bonds. The van der Waals surface area contributed by atoms with Gasteiger partial charge in [-0.05, 0) is 42.9 Å². The number of ether oxygens (including phenoxy) is 4. The molecular weight excluding hydrogens is 528 g/mol. The number of nitrogens with zero attached hydrogens (tertiary/aromatic N) is 2. The van der Waals surface area contributed by atoms with Crippen LogP contribution >= 0.6 is 0 Å². The van der Waals surface area contributed by atoms with Crippen LogP contribution in [0.1, 0.15) is 62.8 Å². The van der Waals surface area contributed by atoms with Crippen molar-refractivity contribution in [2.24, 2.45) is 11.3 Å². The van der Waals surface area contributed by atoms with Gasteiger partial charge in [0.1, 0.15) is 24.6 Å². The third-order valence-corrected chi connectivity index (χ3v) is 8.56. The molecule has 2 aromatic carbocycles. The Morgan fingerprint density at radius 2 is 1.78 bits per heavy atom. The van der Waals surface area contributed by atoms with Crippen LogP contribution in [0.2, 0.25) is 0 Å². The second kappa shape index (κ2) is 10.2. The SMILES string of the molecule is Cc1cc2c3c(c1)[C@@H](c1cccc4c1OCO4)O[C@H](CC(=O)N1CCC(C(=O)O)CC1)C(=O)N3[C@H](C(C)(C)C)CO2. The number of aliphatic carboxylic acids is 1. The first-order valence-electron chi connectivity index (χ1n) is 14.2. The highest BCUT2D eigenvalue weighted by Gasteiger charge is 2.48. The average Bonchev–Trinajstić information content (AvgIpc) is 3.38. The number of hydrogen-bond acceptors (Lipinski definition) is 7. The van der Waals surface area contributed by atoms with Gasteiger partial charge in [-0.25, -0.2) is 0 Å². The number of para-hydroxylation sites is 1. The molecule has 0 radical (unpaired) electrons. The largest absolute Gasteiger partial charge is 0.489 e. The number of fused-ring (bicyclic) bond motifs is 1. The van der Waals surface area contributed by atoms with Gasteiger partial charge >= 0.3 is 5.97 Å². The van der Waals surface area contributed by atoms with Crippen LogP contribution in [0.3, 0.4) is 0 Å². The summed E-state index contributed by atoms with van der Waals surface area (Å²) in [6.45, 7) is 9.25. The molecule has 218 valence electrons. The molecule has 1 saturated heterocycles. The predicted octanol–water partition coefficient (Wildman–Crippen LogP) is 4.07. The lowest BCUT2D eigenvalue weighted by molar-refractivity contribution is -0.148. The van der Waals surface area contributed by atoms with Gasteiger partial charge in [0, 0.05) is 24.2 Å². The van der Waals surface area contributed by atoms with Crippen LogP contribution in [-0.2, 0) is 19.1 Å². The van der Waals surface area contributed by atoms with Crippen molar-refractivity contribution in [3.8, 4) is 17.2 Å². The summed E-state index contributed by atoms with van der Waals surface area (Å²) < 4.78 is 24.5. The van der Waals surface area contributed by atoms with Crippen molar-refractivity contribution in [3.63, 3.8) is 0 Å². The Morgan fingerprint density at radius 3 is 2.49 bits per heavy atom. The number of piperidine rings is 1. The molecule has 10 nitrogen and oxygen atoms in total. The summed E-state index contributed by atoms with van der Waals surface area (Å²) in [6, 6.07) is 9.23. The summed E-state index contributed by atoms with van der Waals surface area (Å²) in [7, 11) is 0.